The first-order valence-corrected chi connectivity index (χ1v) is 9.55. The lowest BCUT2D eigenvalue weighted by atomic mass is 9.86. The van der Waals surface area contributed by atoms with Crippen LogP contribution in [0, 0.1) is 5.92 Å². The number of amides is 2. The zero-order chi connectivity index (χ0) is 18.9. The van der Waals surface area contributed by atoms with E-state index in [2.05, 4.69) is 17.6 Å². The average Bonchev–Trinajstić information content (AvgIpc) is 2.62. The molecule has 3 N–H and O–H groups in total. The summed E-state index contributed by atoms with van der Waals surface area (Å²) in [6, 6.07) is 5.28. The first kappa shape index (κ1) is 20.4. The molecule has 26 heavy (non-hydrogen) atoms. The largest absolute Gasteiger partial charge is 0.492 e. The number of ether oxygens (including phenoxy) is 1. The van der Waals surface area contributed by atoms with Gasteiger partial charge in [-0.25, -0.2) is 4.79 Å². The van der Waals surface area contributed by atoms with Gasteiger partial charge in [0.1, 0.15) is 5.75 Å². The molecule has 0 saturated heterocycles. The molecule has 0 heterocycles. The van der Waals surface area contributed by atoms with E-state index in [4.69, 9.17) is 21.4 Å². The number of halogens is 1. The van der Waals surface area contributed by atoms with E-state index < -0.39 is 5.97 Å². The van der Waals surface area contributed by atoms with Crippen molar-refractivity contribution in [1.29, 1.82) is 0 Å². The topological polar surface area (TPSA) is 87.7 Å². The number of rotatable bonds is 8. The van der Waals surface area contributed by atoms with Crippen LogP contribution in [0.15, 0.2) is 18.2 Å². The van der Waals surface area contributed by atoms with Crippen LogP contribution in [0.2, 0.25) is 5.02 Å². The fourth-order valence-electron chi connectivity index (χ4n) is 3.00. The maximum Gasteiger partial charge on any atom is 0.315 e. The van der Waals surface area contributed by atoms with Gasteiger partial charge in [-0.2, -0.15) is 0 Å². The highest BCUT2D eigenvalue weighted by atomic mass is 35.5. The van der Waals surface area contributed by atoms with Crippen LogP contribution in [0.5, 0.6) is 5.75 Å². The number of hydrogen-bond acceptors (Lipinski definition) is 3. The summed E-state index contributed by atoms with van der Waals surface area (Å²) in [5.41, 5.74) is 0.891. The summed E-state index contributed by atoms with van der Waals surface area (Å²) in [7, 11) is 0. The summed E-state index contributed by atoms with van der Waals surface area (Å²) in [4.78, 5) is 23.0. The number of aliphatic carboxylic acids is 1. The lowest BCUT2D eigenvalue weighted by molar-refractivity contribution is -0.142. The Morgan fingerprint density at radius 1 is 1.27 bits per heavy atom. The molecule has 1 saturated carbocycles. The Balaban J connectivity index is 1.73. The number of carbonyl (C=O) groups excluding carboxylic acids is 1. The molecule has 1 aliphatic rings. The van der Waals surface area contributed by atoms with Gasteiger partial charge in [-0.3, -0.25) is 4.79 Å². The van der Waals surface area contributed by atoms with Crippen molar-refractivity contribution < 1.29 is 19.4 Å². The third-order valence-electron chi connectivity index (χ3n) is 4.62. The number of carboxylic acids is 1. The van der Waals surface area contributed by atoms with Crippen molar-refractivity contribution in [2.24, 2.45) is 5.92 Å². The maximum atomic E-state index is 12.0. The Morgan fingerprint density at radius 3 is 2.62 bits per heavy atom. The van der Waals surface area contributed by atoms with E-state index in [1.165, 1.54) is 0 Å². The van der Waals surface area contributed by atoms with Gasteiger partial charge in [0.05, 0.1) is 17.5 Å². The summed E-state index contributed by atoms with van der Waals surface area (Å²) >= 11 is 6.22. The fourth-order valence-corrected chi connectivity index (χ4v) is 3.26. The van der Waals surface area contributed by atoms with E-state index in [-0.39, 0.29) is 18.0 Å². The fraction of sp³-hybridized carbons (Fsp3) is 0.579. The lowest BCUT2D eigenvalue weighted by Crippen LogP contribution is -2.43. The molecule has 2 amide bonds. The predicted molar refractivity (Wildman–Crippen MR) is 101 cm³/mol. The zero-order valence-electron chi connectivity index (χ0n) is 15.1. The minimum atomic E-state index is -0.744. The van der Waals surface area contributed by atoms with Crippen molar-refractivity contribution >= 4 is 23.6 Å². The summed E-state index contributed by atoms with van der Waals surface area (Å²) in [6.07, 6.45) is 4.64. The van der Waals surface area contributed by atoms with Gasteiger partial charge in [0, 0.05) is 12.6 Å². The van der Waals surface area contributed by atoms with Gasteiger partial charge in [0.2, 0.25) is 0 Å². The molecule has 0 bridgehead atoms. The quantitative estimate of drug-likeness (QED) is 0.594. The lowest BCUT2D eigenvalue weighted by Gasteiger charge is -2.26. The van der Waals surface area contributed by atoms with Crippen molar-refractivity contribution in [1.82, 2.24) is 10.6 Å². The number of benzene rings is 1. The Morgan fingerprint density at radius 2 is 2.00 bits per heavy atom. The van der Waals surface area contributed by atoms with Crippen molar-refractivity contribution in [3.63, 3.8) is 0 Å². The van der Waals surface area contributed by atoms with Crippen LogP contribution in [0.25, 0.3) is 0 Å². The van der Waals surface area contributed by atoms with Crippen LogP contribution in [-0.4, -0.2) is 29.8 Å². The predicted octanol–water partition coefficient (Wildman–Crippen LogP) is 3.96. The van der Waals surface area contributed by atoms with Gasteiger partial charge in [-0.1, -0.05) is 31.0 Å². The first-order valence-electron chi connectivity index (χ1n) is 9.18. The van der Waals surface area contributed by atoms with Crippen LogP contribution < -0.4 is 15.4 Å². The number of carbonyl (C=O) groups is 2. The highest BCUT2D eigenvalue weighted by Crippen LogP contribution is 2.26. The van der Waals surface area contributed by atoms with E-state index in [0.717, 1.165) is 18.4 Å². The van der Waals surface area contributed by atoms with E-state index in [1.54, 1.807) is 6.07 Å². The van der Waals surface area contributed by atoms with Crippen LogP contribution in [-0.2, 0) is 11.3 Å². The highest BCUT2D eigenvalue weighted by Gasteiger charge is 2.26. The van der Waals surface area contributed by atoms with Gasteiger partial charge in [0.25, 0.3) is 0 Å². The molecule has 0 aliphatic heterocycles. The van der Waals surface area contributed by atoms with Gasteiger partial charge in [-0.05, 0) is 49.8 Å². The van der Waals surface area contributed by atoms with Crippen molar-refractivity contribution in [2.45, 2.75) is 58.0 Å². The zero-order valence-corrected chi connectivity index (χ0v) is 15.8. The van der Waals surface area contributed by atoms with E-state index in [0.29, 0.717) is 49.6 Å². The molecular weight excluding hydrogens is 356 g/mol. The van der Waals surface area contributed by atoms with E-state index in [1.807, 2.05) is 12.1 Å². The molecule has 7 heteroatoms. The molecule has 1 fully saturated rings. The standard InChI is InChI=1S/C19H27ClN2O4/c1-2-3-10-26-17-9-4-13(11-16(17)20)12-21-19(25)22-15-7-5-14(6-8-15)18(23)24/h4,9,11,14-15H,2-3,5-8,10,12H2,1H3,(H,23,24)(H2,21,22,25). The first-order chi connectivity index (χ1) is 12.5. The third-order valence-corrected chi connectivity index (χ3v) is 4.91. The Bertz CT molecular complexity index is 616. The molecule has 1 aliphatic carbocycles. The van der Waals surface area contributed by atoms with E-state index in [9.17, 15) is 9.59 Å². The molecule has 0 radical (unpaired) electrons. The minimum absolute atomic E-state index is 0.0310. The number of urea groups is 1. The summed E-state index contributed by atoms with van der Waals surface area (Å²) in [6.45, 7) is 3.11. The smallest absolute Gasteiger partial charge is 0.315 e. The highest BCUT2D eigenvalue weighted by molar-refractivity contribution is 6.32. The normalized spacial score (nSPS) is 19.6. The molecule has 2 rings (SSSR count). The molecule has 6 nitrogen and oxygen atoms in total. The number of unbranched alkanes of at least 4 members (excludes halogenated alkanes) is 1. The van der Waals surface area contributed by atoms with Crippen LogP contribution >= 0.6 is 11.6 Å². The minimum Gasteiger partial charge on any atom is -0.492 e. The molecule has 1 aromatic carbocycles. The monoisotopic (exact) mass is 382 g/mol. The second-order valence-electron chi connectivity index (χ2n) is 6.68. The van der Waals surface area contributed by atoms with Gasteiger partial charge in [0.15, 0.2) is 0 Å². The molecule has 0 aromatic heterocycles. The molecule has 144 valence electrons. The van der Waals surface area contributed by atoms with Gasteiger partial charge >= 0.3 is 12.0 Å². The second-order valence-corrected chi connectivity index (χ2v) is 7.09. The molecule has 0 spiro atoms. The third kappa shape index (κ3) is 6.41. The number of hydrogen-bond donors (Lipinski definition) is 3. The van der Waals surface area contributed by atoms with Crippen LogP contribution in [0.4, 0.5) is 4.79 Å². The van der Waals surface area contributed by atoms with Crippen LogP contribution in [0.3, 0.4) is 0 Å². The second kappa shape index (κ2) is 10.3. The summed E-state index contributed by atoms with van der Waals surface area (Å²) < 4.78 is 5.61. The van der Waals surface area contributed by atoms with Crippen molar-refractivity contribution in [2.75, 3.05) is 6.61 Å². The number of carboxylic acid groups (broad SMARTS) is 1. The molecule has 0 atom stereocenters. The Hall–Kier alpha value is -1.95. The van der Waals surface area contributed by atoms with Crippen molar-refractivity contribution in [3.05, 3.63) is 28.8 Å². The summed E-state index contributed by atoms with van der Waals surface area (Å²) in [5, 5.41) is 15.3. The molecular formula is C19H27ClN2O4. The van der Waals surface area contributed by atoms with Crippen LogP contribution in [0.1, 0.15) is 51.0 Å². The number of nitrogens with one attached hydrogen (secondary N) is 2. The molecule has 0 unspecified atom stereocenters. The van der Waals surface area contributed by atoms with Crippen molar-refractivity contribution in [3.8, 4) is 5.75 Å². The Labute approximate surface area is 159 Å². The summed E-state index contributed by atoms with van der Waals surface area (Å²) in [5.74, 6) is -0.369. The van der Waals surface area contributed by atoms with Gasteiger partial charge < -0.3 is 20.5 Å². The SMILES string of the molecule is CCCCOc1ccc(CNC(=O)NC2CCC(C(=O)O)CC2)cc1Cl. The maximum absolute atomic E-state index is 12.0. The molecule has 1 aromatic rings. The van der Waals surface area contributed by atoms with E-state index >= 15 is 0 Å². The average molecular weight is 383 g/mol. The van der Waals surface area contributed by atoms with Gasteiger partial charge in [-0.15, -0.1) is 0 Å². The Kier molecular flexibility index (Phi) is 8.04.